The van der Waals surface area contributed by atoms with Gasteiger partial charge in [-0.3, -0.25) is 9.89 Å². The van der Waals surface area contributed by atoms with Gasteiger partial charge in [-0.25, -0.2) is 0 Å². The normalized spacial score (nSPS) is 17.8. The van der Waals surface area contributed by atoms with Crippen molar-refractivity contribution < 1.29 is 18.0 Å². The van der Waals surface area contributed by atoms with E-state index in [1.165, 1.54) is 12.8 Å². The van der Waals surface area contributed by atoms with Crippen LogP contribution >= 0.6 is 0 Å². The van der Waals surface area contributed by atoms with E-state index in [0.717, 1.165) is 32.0 Å². The smallest absolute Gasteiger partial charge is 0.344 e. The minimum atomic E-state index is -4.53. The molecule has 0 saturated carbocycles. The van der Waals surface area contributed by atoms with Gasteiger partial charge >= 0.3 is 6.18 Å². The lowest BCUT2D eigenvalue weighted by atomic mass is 10.0. The molecular weight excluding hydrogens is 309 g/mol. The minimum absolute atomic E-state index is 0.249. The number of rotatable bonds is 4. The number of amides is 1. The van der Waals surface area contributed by atoms with E-state index in [2.05, 4.69) is 15.3 Å². The van der Waals surface area contributed by atoms with E-state index < -0.39 is 23.3 Å². The Kier molecular flexibility index (Phi) is 5.33. The number of carbonyl (C=O) groups is 1. The summed E-state index contributed by atoms with van der Waals surface area (Å²) in [5.74, 6) is -0.600. The number of aromatic amines is 1. The summed E-state index contributed by atoms with van der Waals surface area (Å²) in [5.41, 5.74) is -1.81. The molecule has 1 aliphatic rings. The van der Waals surface area contributed by atoms with Crippen LogP contribution in [0.4, 0.5) is 13.2 Å². The fourth-order valence-electron chi connectivity index (χ4n) is 2.85. The van der Waals surface area contributed by atoms with Crippen LogP contribution in [-0.4, -0.2) is 46.2 Å². The molecule has 2 N–H and O–H groups in total. The zero-order chi connectivity index (χ0) is 17.1. The number of nitrogens with one attached hydrogen (secondary N) is 2. The molecule has 0 spiro atoms. The highest BCUT2D eigenvalue weighted by Gasteiger charge is 2.34. The zero-order valence-electron chi connectivity index (χ0n) is 13.5. The third kappa shape index (κ3) is 5.23. The molecule has 0 unspecified atom stereocenters. The van der Waals surface area contributed by atoms with E-state index in [4.69, 9.17) is 0 Å². The maximum Gasteiger partial charge on any atom is 0.432 e. The van der Waals surface area contributed by atoms with Gasteiger partial charge in [0, 0.05) is 18.2 Å². The second-order valence-corrected chi connectivity index (χ2v) is 6.69. The third-order valence-corrected chi connectivity index (χ3v) is 3.89. The van der Waals surface area contributed by atoms with Gasteiger partial charge in [-0.05, 0) is 39.8 Å². The largest absolute Gasteiger partial charge is 0.432 e. The highest BCUT2D eigenvalue weighted by molar-refractivity contribution is 5.92. The van der Waals surface area contributed by atoms with Crippen LogP contribution in [0.1, 0.15) is 55.7 Å². The van der Waals surface area contributed by atoms with Gasteiger partial charge in [0.15, 0.2) is 5.69 Å². The lowest BCUT2D eigenvalue weighted by Gasteiger charge is -2.32. The van der Waals surface area contributed by atoms with Crippen LogP contribution in [0.3, 0.4) is 0 Å². The molecule has 0 bridgehead atoms. The Morgan fingerprint density at radius 1 is 1.26 bits per heavy atom. The Morgan fingerprint density at radius 2 is 1.87 bits per heavy atom. The maximum atomic E-state index is 12.5. The molecule has 1 aromatic heterocycles. The van der Waals surface area contributed by atoms with Crippen molar-refractivity contribution >= 4 is 5.91 Å². The van der Waals surface area contributed by atoms with Gasteiger partial charge in [0.1, 0.15) is 5.69 Å². The highest BCUT2D eigenvalue weighted by Crippen LogP contribution is 2.27. The number of hydrogen-bond donors (Lipinski definition) is 2. The molecule has 1 amide bonds. The molecule has 1 fully saturated rings. The number of alkyl halides is 3. The fraction of sp³-hybridized carbons (Fsp3) is 0.733. The topological polar surface area (TPSA) is 61.0 Å². The molecule has 5 nitrogen and oxygen atoms in total. The highest BCUT2D eigenvalue weighted by atomic mass is 19.4. The lowest BCUT2D eigenvalue weighted by Crippen LogP contribution is -2.51. The summed E-state index contributed by atoms with van der Waals surface area (Å²) in [6.07, 6.45) is 0.178. The summed E-state index contributed by atoms with van der Waals surface area (Å²) in [6.45, 7) is 6.37. The molecule has 0 radical (unpaired) electrons. The first-order valence-electron chi connectivity index (χ1n) is 7.85. The molecule has 8 heteroatoms. The van der Waals surface area contributed by atoms with Gasteiger partial charge in [-0.1, -0.05) is 12.8 Å². The Balaban J connectivity index is 1.96. The van der Waals surface area contributed by atoms with Crippen LogP contribution in [0.15, 0.2) is 6.07 Å². The predicted molar refractivity (Wildman–Crippen MR) is 80.0 cm³/mol. The van der Waals surface area contributed by atoms with Crippen molar-refractivity contribution in [3.63, 3.8) is 0 Å². The third-order valence-electron chi connectivity index (χ3n) is 3.89. The number of aromatic nitrogens is 2. The molecule has 1 aromatic rings. The van der Waals surface area contributed by atoms with E-state index in [0.29, 0.717) is 6.54 Å². The van der Waals surface area contributed by atoms with Crippen molar-refractivity contribution in [2.45, 2.75) is 51.2 Å². The molecule has 2 rings (SSSR count). The molecule has 1 saturated heterocycles. The number of halogens is 3. The fourth-order valence-corrected chi connectivity index (χ4v) is 2.85. The van der Waals surface area contributed by atoms with Crippen molar-refractivity contribution in [3.05, 3.63) is 17.5 Å². The summed E-state index contributed by atoms with van der Waals surface area (Å²) in [6, 6.07) is 0.733. The van der Waals surface area contributed by atoms with E-state index in [1.54, 1.807) is 0 Å². The molecule has 1 aliphatic heterocycles. The second kappa shape index (κ2) is 6.90. The summed E-state index contributed by atoms with van der Waals surface area (Å²) in [5, 5.41) is 8.09. The Labute approximate surface area is 133 Å². The minimum Gasteiger partial charge on any atom is -0.344 e. The van der Waals surface area contributed by atoms with Gasteiger partial charge in [0.2, 0.25) is 0 Å². The summed E-state index contributed by atoms with van der Waals surface area (Å²) in [7, 11) is 0. The number of likely N-dealkylation sites (tertiary alicyclic amines) is 1. The molecule has 0 aromatic carbocycles. The van der Waals surface area contributed by atoms with Crippen LogP contribution in [-0.2, 0) is 6.18 Å². The molecule has 0 aliphatic carbocycles. The maximum absolute atomic E-state index is 12.5. The lowest BCUT2D eigenvalue weighted by molar-refractivity contribution is -0.141. The van der Waals surface area contributed by atoms with E-state index in [9.17, 15) is 18.0 Å². The van der Waals surface area contributed by atoms with Crippen LogP contribution < -0.4 is 5.32 Å². The van der Waals surface area contributed by atoms with Crippen molar-refractivity contribution in [2.24, 2.45) is 0 Å². The van der Waals surface area contributed by atoms with Crippen molar-refractivity contribution in [2.75, 3.05) is 19.6 Å². The summed E-state index contributed by atoms with van der Waals surface area (Å²) in [4.78, 5) is 14.4. The number of H-pyrrole nitrogens is 1. The Bertz CT molecular complexity index is 531. The standard InChI is InChI=1S/C15H23F3N4O/c1-14(2,10-22-7-5-3-4-6-8-22)19-13(23)11-9-12(21-20-11)15(16,17)18/h9H,3-8,10H2,1-2H3,(H,19,23)(H,20,21). The quantitative estimate of drug-likeness (QED) is 0.891. The van der Waals surface area contributed by atoms with Crippen LogP contribution in [0.2, 0.25) is 0 Å². The molecule has 0 atom stereocenters. The molecule has 130 valence electrons. The molecular formula is C15H23F3N4O. The van der Waals surface area contributed by atoms with Gasteiger partial charge in [-0.2, -0.15) is 18.3 Å². The van der Waals surface area contributed by atoms with Crippen molar-refractivity contribution in [3.8, 4) is 0 Å². The van der Waals surface area contributed by atoms with Crippen LogP contribution in [0.5, 0.6) is 0 Å². The molecule has 2 heterocycles. The first kappa shape index (κ1) is 17.8. The van der Waals surface area contributed by atoms with Gasteiger partial charge in [0.05, 0.1) is 0 Å². The number of carbonyl (C=O) groups excluding carboxylic acids is 1. The number of nitrogens with zero attached hydrogens (tertiary/aromatic N) is 2. The first-order valence-corrected chi connectivity index (χ1v) is 7.85. The summed E-state index contributed by atoms with van der Waals surface area (Å²) >= 11 is 0. The monoisotopic (exact) mass is 332 g/mol. The Morgan fingerprint density at radius 3 is 2.39 bits per heavy atom. The SMILES string of the molecule is CC(C)(CN1CCCCCC1)NC(=O)c1cc(C(F)(F)F)[nH]n1. The van der Waals surface area contributed by atoms with Gasteiger partial charge < -0.3 is 10.2 Å². The van der Waals surface area contributed by atoms with Crippen molar-refractivity contribution in [1.29, 1.82) is 0 Å². The van der Waals surface area contributed by atoms with Gasteiger partial charge in [0.25, 0.3) is 5.91 Å². The van der Waals surface area contributed by atoms with E-state index >= 15 is 0 Å². The first-order chi connectivity index (χ1) is 10.7. The summed E-state index contributed by atoms with van der Waals surface area (Å²) < 4.78 is 37.6. The predicted octanol–water partition coefficient (Wildman–Crippen LogP) is 2.81. The number of hydrogen-bond acceptors (Lipinski definition) is 3. The average molecular weight is 332 g/mol. The molecule has 23 heavy (non-hydrogen) atoms. The Hall–Kier alpha value is -1.57. The van der Waals surface area contributed by atoms with E-state index in [1.807, 2.05) is 18.9 Å². The second-order valence-electron chi connectivity index (χ2n) is 6.69. The van der Waals surface area contributed by atoms with Crippen molar-refractivity contribution in [1.82, 2.24) is 20.4 Å². The van der Waals surface area contributed by atoms with Gasteiger partial charge in [-0.15, -0.1) is 0 Å². The zero-order valence-corrected chi connectivity index (χ0v) is 13.5. The van der Waals surface area contributed by atoms with E-state index in [-0.39, 0.29) is 5.69 Å². The average Bonchev–Trinajstić information content (AvgIpc) is 2.79. The van der Waals surface area contributed by atoms with Crippen LogP contribution in [0, 0.1) is 0 Å². The van der Waals surface area contributed by atoms with Crippen LogP contribution in [0.25, 0.3) is 0 Å².